The molecule has 0 unspecified atom stereocenters. The van der Waals surface area contributed by atoms with Crippen molar-refractivity contribution in [3.63, 3.8) is 0 Å². The van der Waals surface area contributed by atoms with Gasteiger partial charge in [-0.25, -0.2) is 0 Å². The lowest BCUT2D eigenvalue weighted by Gasteiger charge is -2.39. The van der Waals surface area contributed by atoms with E-state index >= 15 is 0 Å². The zero-order valence-corrected chi connectivity index (χ0v) is 11.8. The lowest BCUT2D eigenvalue weighted by atomic mass is 9.94. The summed E-state index contributed by atoms with van der Waals surface area (Å²) >= 11 is 0. The van der Waals surface area contributed by atoms with Crippen LogP contribution >= 0.6 is 0 Å². The average molecular weight is 316 g/mol. The standard InChI is InChI=1S/C14H20O8/c15-7-9-10(17)11(18)12(19)13(22-9)21-6-5-14(20)3-1-8(16)2-4-14/h1-4,9-13,15,17-20H,5-7H2/t9-,10-,11+,12-,13-/m1/s1. The number of hydrogen-bond acceptors (Lipinski definition) is 8. The van der Waals surface area contributed by atoms with Crippen molar-refractivity contribution in [3.8, 4) is 0 Å². The van der Waals surface area contributed by atoms with Gasteiger partial charge in [0, 0.05) is 6.42 Å². The van der Waals surface area contributed by atoms with Crippen LogP contribution in [-0.4, -0.2) is 80.8 Å². The first-order valence-corrected chi connectivity index (χ1v) is 6.93. The topological polar surface area (TPSA) is 137 Å². The second kappa shape index (κ2) is 6.97. The molecule has 2 aliphatic rings. The molecule has 8 heteroatoms. The number of ether oxygens (including phenoxy) is 2. The van der Waals surface area contributed by atoms with E-state index in [1.807, 2.05) is 0 Å². The van der Waals surface area contributed by atoms with E-state index in [-0.39, 0.29) is 18.8 Å². The molecule has 1 saturated heterocycles. The Morgan fingerprint density at radius 2 is 1.77 bits per heavy atom. The third kappa shape index (κ3) is 3.79. The molecular formula is C14H20O8. The van der Waals surface area contributed by atoms with Crippen LogP contribution in [0.3, 0.4) is 0 Å². The molecule has 0 amide bonds. The summed E-state index contributed by atoms with van der Waals surface area (Å²) in [6.45, 7) is -0.579. The zero-order valence-electron chi connectivity index (χ0n) is 11.8. The maximum Gasteiger partial charge on any atom is 0.186 e. The van der Waals surface area contributed by atoms with Gasteiger partial charge in [0.1, 0.15) is 30.0 Å². The van der Waals surface area contributed by atoms with E-state index in [2.05, 4.69) is 0 Å². The van der Waals surface area contributed by atoms with Crippen LogP contribution in [0.5, 0.6) is 0 Å². The van der Waals surface area contributed by atoms with Gasteiger partial charge in [-0.2, -0.15) is 0 Å². The predicted octanol–water partition coefficient (Wildman–Crippen LogP) is -2.38. The van der Waals surface area contributed by atoms with Crippen LogP contribution in [0.15, 0.2) is 24.3 Å². The van der Waals surface area contributed by atoms with Crippen LogP contribution in [0.4, 0.5) is 0 Å². The smallest absolute Gasteiger partial charge is 0.186 e. The fourth-order valence-electron chi connectivity index (χ4n) is 2.27. The van der Waals surface area contributed by atoms with E-state index in [1.165, 1.54) is 24.3 Å². The molecule has 22 heavy (non-hydrogen) atoms. The lowest BCUT2D eigenvalue weighted by molar-refractivity contribution is -0.301. The second-order valence-corrected chi connectivity index (χ2v) is 5.38. The Bertz CT molecular complexity index is 442. The minimum Gasteiger partial charge on any atom is -0.394 e. The Hall–Kier alpha value is -1.13. The number of aliphatic hydroxyl groups excluding tert-OH is 4. The maximum absolute atomic E-state index is 11.0. The van der Waals surface area contributed by atoms with Crippen molar-refractivity contribution in [1.82, 2.24) is 0 Å². The highest BCUT2D eigenvalue weighted by atomic mass is 16.7. The van der Waals surface area contributed by atoms with Crippen molar-refractivity contribution in [2.24, 2.45) is 0 Å². The van der Waals surface area contributed by atoms with Gasteiger partial charge in [-0.3, -0.25) is 4.79 Å². The molecule has 0 bridgehead atoms. The molecule has 2 rings (SSSR count). The number of hydrogen-bond donors (Lipinski definition) is 5. The van der Waals surface area contributed by atoms with Crippen LogP contribution in [-0.2, 0) is 14.3 Å². The first kappa shape index (κ1) is 17.2. The molecule has 0 spiro atoms. The summed E-state index contributed by atoms with van der Waals surface area (Å²) in [7, 11) is 0. The minimum atomic E-state index is -1.51. The number of carbonyl (C=O) groups is 1. The van der Waals surface area contributed by atoms with Gasteiger partial charge in [0.15, 0.2) is 12.1 Å². The first-order chi connectivity index (χ1) is 10.4. The average Bonchev–Trinajstić information content (AvgIpc) is 2.50. The predicted molar refractivity (Wildman–Crippen MR) is 72.6 cm³/mol. The van der Waals surface area contributed by atoms with Crippen LogP contribution < -0.4 is 0 Å². The van der Waals surface area contributed by atoms with Gasteiger partial charge in [0.05, 0.1) is 13.2 Å². The van der Waals surface area contributed by atoms with Gasteiger partial charge in [-0.1, -0.05) is 0 Å². The van der Waals surface area contributed by atoms with Gasteiger partial charge in [-0.05, 0) is 24.3 Å². The first-order valence-electron chi connectivity index (χ1n) is 6.93. The van der Waals surface area contributed by atoms with Crippen LogP contribution in [0, 0.1) is 0 Å². The number of carbonyl (C=O) groups excluding carboxylic acids is 1. The van der Waals surface area contributed by atoms with Gasteiger partial charge < -0.3 is 35.0 Å². The van der Waals surface area contributed by atoms with Crippen LogP contribution in [0.25, 0.3) is 0 Å². The second-order valence-electron chi connectivity index (χ2n) is 5.38. The van der Waals surface area contributed by atoms with E-state index in [1.54, 1.807) is 0 Å². The number of ketones is 1. The molecule has 0 aromatic heterocycles. The summed E-state index contributed by atoms with van der Waals surface area (Å²) in [4.78, 5) is 11.0. The van der Waals surface area contributed by atoms with Crippen molar-refractivity contribution < 1.29 is 39.8 Å². The van der Waals surface area contributed by atoms with E-state index in [0.717, 1.165) is 0 Å². The van der Waals surface area contributed by atoms with Crippen molar-refractivity contribution in [2.75, 3.05) is 13.2 Å². The highest BCUT2D eigenvalue weighted by Crippen LogP contribution is 2.23. The summed E-state index contributed by atoms with van der Waals surface area (Å²) in [6.07, 6.45) is -1.45. The Balaban J connectivity index is 1.87. The quantitative estimate of drug-likeness (QED) is 0.379. The van der Waals surface area contributed by atoms with Crippen LogP contribution in [0.2, 0.25) is 0 Å². The number of aliphatic hydroxyl groups is 5. The van der Waals surface area contributed by atoms with Gasteiger partial charge in [0.2, 0.25) is 0 Å². The van der Waals surface area contributed by atoms with Gasteiger partial charge >= 0.3 is 0 Å². The lowest BCUT2D eigenvalue weighted by Crippen LogP contribution is -2.59. The molecule has 0 aromatic rings. The summed E-state index contributed by atoms with van der Waals surface area (Å²) < 4.78 is 10.4. The molecule has 0 saturated carbocycles. The largest absolute Gasteiger partial charge is 0.394 e. The molecule has 1 aliphatic heterocycles. The fraction of sp³-hybridized carbons (Fsp3) is 0.643. The minimum absolute atomic E-state index is 0.0396. The Morgan fingerprint density at radius 3 is 2.36 bits per heavy atom. The van der Waals surface area contributed by atoms with E-state index < -0.39 is 42.9 Å². The van der Waals surface area contributed by atoms with Crippen LogP contribution in [0.1, 0.15) is 6.42 Å². The molecule has 1 aliphatic carbocycles. The molecule has 124 valence electrons. The molecule has 8 nitrogen and oxygen atoms in total. The molecular weight excluding hydrogens is 296 g/mol. The third-order valence-electron chi connectivity index (χ3n) is 3.71. The summed E-state index contributed by atoms with van der Waals surface area (Å²) in [5.74, 6) is -0.223. The molecule has 0 aromatic carbocycles. The van der Waals surface area contributed by atoms with E-state index in [4.69, 9.17) is 14.6 Å². The normalized spacial score (nSPS) is 37.5. The molecule has 1 fully saturated rings. The number of rotatable bonds is 5. The number of allylic oxidation sites excluding steroid dienone is 2. The SMILES string of the molecule is O=C1C=CC(O)(CCO[C@@H]2O[C@H](CO)[C@@H](O)[C@H](O)[C@H]2O)C=C1. The Labute approximate surface area is 126 Å². The van der Waals surface area contributed by atoms with Crippen molar-refractivity contribution >= 4 is 5.78 Å². The Kier molecular flexibility index (Phi) is 5.45. The molecule has 1 heterocycles. The molecule has 0 radical (unpaired) electrons. The van der Waals surface area contributed by atoms with Crippen molar-refractivity contribution in [2.45, 2.75) is 42.7 Å². The van der Waals surface area contributed by atoms with Crippen molar-refractivity contribution in [1.29, 1.82) is 0 Å². The zero-order chi connectivity index (χ0) is 16.3. The Morgan fingerprint density at radius 1 is 1.14 bits per heavy atom. The molecule has 5 atom stereocenters. The van der Waals surface area contributed by atoms with E-state index in [9.17, 15) is 25.2 Å². The monoisotopic (exact) mass is 316 g/mol. The van der Waals surface area contributed by atoms with Gasteiger partial charge in [0.25, 0.3) is 0 Å². The highest BCUT2D eigenvalue weighted by molar-refractivity contribution is 6.00. The molecule has 5 N–H and O–H groups in total. The summed E-state index contributed by atoms with van der Waals surface area (Å²) in [5.41, 5.74) is -1.33. The summed E-state index contributed by atoms with van der Waals surface area (Å²) in [5, 5.41) is 48.2. The van der Waals surface area contributed by atoms with Gasteiger partial charge in [-0.15, -0.1) is 0 Å². The fourth-order valence-corrected chi connectivity index (χ4v) is 2.27. The van der Waals surface area contributed by atoms with Crippen molar-refractivity contribution in [3.05, 3.63) is 24.3 Å². The summed E-state index contributed by atoms with van der Waals surface area (Å²) in [6, 6.07) is 0. The maximum atomic E-state index is 11.0. The third-order valence-corrected chi connectivity index (χ3v) is 3.71. The van der Waals surface area contributed by atoms with E-state index in [0.29, 0.717) is 0 Å². The highest BCUT2D eigenvalue weighted by Gasteiger charge is 2.44.